The summed E-state index contributed by atoms with van der Waals surface area (Å²) in [5.41, 5.74) is 1.08. The highest BCUT2D eigenvalue weighted by atomic mass is 35.5. The number of ether oxygens (including phenoxy) is 1. The van der Waals surface area contributed by atoms with Gasteiger partial charge in [0, 0.05) is 13.0 Å². The summed E-state index contributed by atoms with van der Waals surface area (Å²) in [4.78, 5) is 11.9. The van der Waals surface area contributed by atoms with E-state index in [2.05, 4.69) is 10.6 Å². The van der Waals surface area contributed by atoms with Crippen molar-refractivity contribution < 1.29 is 9.53 Å². The molecule has 134 valence electrons. The van der Waals surface area contributed by atoms with E-state index in [0.29, 0.717) is 18.9 Å². The fourth-order valence-electron chi connectivity index (χ4n) is 2.89. The van der Waals surface area contributed by atoms with Gasteiger partial charge >= 0.3 is 0 Å². The molecule has 0 radical (unpaired) electrons. The SMILES string of the molecule is Cl.O=C(CCC1CCNC1)NCc1ccc(Oc2ccccc2)cc1. The number of halogens is 1. The van der Waals surface area contributed by atoms with Crippen molar-refractivity contribution in [3.8, 4) is 11.5 Å². The summed E-state index contributed by atoms with van der Waals surface area (Å²) in [5, 5.41) is 6.32. The Morgan fingerprint density at radius 2 is 1.80 bits per heavy atom. The average molecular weight is 361 g/mol. The van der Waals surface area contributed by atoms with Crippen LogP contribution in [-0.2, 0) is 11.3 Å². The smallest absolute Gasteiger partial charge is 0.220 e. The zero-order chi connectivity index (χ0) is 16.6. The van der Waals surface area contributed by atoms with Crippen molar-refractivity contribution in [1.82, 2.24) is 10.6 Å². The molecule has 25 heavy (non-hydrogen) atoms. The summed E-state index contributed by atoms with van der Waals surface area (Å²) in [5.74, 6) is 2.40. The van der Waals surface area contributed by atoms with Crippen LogP contribution >= 0.6 is 12.4 Å². The standard InChI is InChI=1S/C20H24N2O2.ClH/c23-20(11-8-17-12-13-21-14-17)22-15-16-6-9-19(10-7-16)24-18-4-2-1-3-5-18;/h1-7,9-10,17,21H,8,11-15H2,(H,22,23);1H. The quantitative estimate of drug-likeness (QED) is 0.787. The minimum Gasteiger partial charge on any atom is -0.457 e. The van der Waals surface area contributed by atoms with E-state index in [9.17, 15) is 4.79 Å². The minimum absolute atomic E-state index is 0. The molecule has 2 aromatic rings. The Morgan fingerprint density at radius 3 is 2.48 bits per heavy atom. The van der Waals surface area contributed by atoms with E-state index in [1.165, 1.54) is 6.42 Å². The highest BCUT2D eigenvalue weighted by Crippen LogP contribution is 2.21. The zero-order valence-electron chi connectivity index (χ0n) is 14.2. The molecule has 0 aromatic heterocycles. The fraction of sp³-hybridized carbons (Fsp3) is 0.350. The summed E-state index contributed by atoms with van der Waals surface area (Å²) in [7, 11) is 0. The van der Waals surface area contributed by atoms with E-state index in [4.69, 9.17) is 4.74 Å². The van der Waals surface area contributed by atoms with Crippen molar-refractivity contribution >= 4 is 18.3 Å². The number of carbonyl (C=O) groups excluding carboxylic acids is 1. The number of para-hydroxylation sites is 1. The Balaban J connectivity index is 0.00000225. The van der Waals surface area contributed by atoms with Crippen molar-refractivity contribution in [3.63, 3.8) is 0 Å². The van der Waals surface area contributed by atoms with Crippen LogP contribution in [0, 0.1) is 5.92 Å². The molecule has 3 rings (SSSR count). The van der Waals surface area contributed by atoms with Gasteiger partial charge in [0.05, 0.1) is 0 Å². The van der Waals surface area contributed by atoms with E-state index in [-0.39, 0.29) is 18.3 Å². The van der Waals surface area contributed by atoms with Gasteiger partial charge in [-0.25, -0.2) is 0 Å². The highest BCUT2D eigenvalue weighted by molar-refractivity contribution is 5.85. The van der Waals surface area contributed by atoms with Gasteiger partial charge in [-0.3, -0.25) is 4.79 Å². The van der Waals surface area contributed by atoms with Crippen molar-refractivity contribution in [2.24, 2.45) is 5.92 Å². The Bertz CT molecular complexity index is 641. The number of amides is 1. The maximum atomic E-state index is 11.9. The summed E-state index contributed by atoms with van der Waals surface area (Å²) in [6, 6.07) is 17.5. The summed E-state index contributed by atoms with van der Waals surface area (Å²) >= 11 is 0. The predicted molar refractivity (Wildman–Crippen MR) is 102 cm³/mol. The van der Waals surface area contributed by atoms with E-state index in [0.717, 1.165) is 36.6 Å². The largest absolute Gasteiger partial charge is 0.457 e. The molecule has 1 aliphatic heterocycles. The van der Waals surface area contributed by atoms with Crippen LogP contribution < -0.4 is 15.4 Å². The molecule has 4 nitrogen and oxygen atoms in total. The lowest BCUT2D eigenvalue weighted by Gasteiger charge is -2.09. The van der Waals surface area contributed by atoms with Crippen LogP contribution in [0.5, 0.6) is 11.5 Å². The summed E-state index contributed by atoms with van der Waals surface area (Å²) < 4.78 is 5.76. The number of hydrogen-bond acceptors (Lipinski definition) is 3. The van der Waals surface area contributed by atoms with Crippen molar-refractivity contribution in [3.05, 3.63) is 60.2 Å². The van der Waals surface area contributed by atoms with Gasteiger partial charge in [0.25, 0.3) is 0 Å². The highest BCUT2D eigenvalue weighted by Gasteiger charge is 2.15. The molecule has 1 heterocycles. The van der Waals surface area contributed by atoms with Gasteiger partial charge in [-0.15, -0.1) is 12.4 Å². The van der Waals surface area contributed by atoms with Crippen molar-refractivity contribution in [1.29, 1.82) is 0 Å². The second kappa shape index (κ2) is 10.1. The number of rotatable bonds is 7. The van der Waals surface area contributed by atoms with Crippen LogP contribution in [0.25, 0.3) is 0 Å². The minimum atomic E-state index is 0. The Labute approximate surface area is 155 Å². The van der Waals surface area contributed by atoms with Crippen molar-refractivity contribution in [2.75, 3.05) is 13.1 Å². The molecule has 2 aromatic carbocycles. The Kier molecular flexibility index (Phi) is 7.76. The second-order valence-electron chi connectivity index (χ2n) is 6.23. The molecule has 0 aliphatic carbocycles. The molecule has 1 atom stereocenters. The molecule has 5 heteroatoms. The molecule has 0 bridgehead atoms. The van der Waals surface area contributed by atoms with Crippen LogP contribution in [0.3, 0.4) is 0 Å². The summed E-state index contributed by atoms with van der Waals surface area (Å²) in [6.07, 6.45) is 2.78. The third-order valence-electron chi connectivity index (χ3n) is 4.33. The Morgan fingerprint density at radius 1 is 1.08 bits per heavy atom. The first-order chi connectivity index (χ1) is 11.8. The molecule has 1 fully saturated rings. The molecule has 1 aliphatic rings. The second-order valence-corrected chi connectivity index (χ2v) is 6.23. The van der Waals surface area contributed by atoms with Gasteiger partial charge < -0.3 is 15.4 Å². The predicted octanol–water partition coefficient (Wildman–Crippen LogP) is 3.91. The summed E-state index contributed by atoms with van der Waals surface area (Å²) in [6.45, 7) is 2.70. The maximum absolute atomic E-state index is 11.9. The van der Waals surface area contributed by atoms with Crippen LogP contribution in [-0.4, -0.2) is 19.0 Å². The normalized spacial score (nSPS) is 16.1. The van der Waals surface area contributed by atoms with Crippen molar-refractivity contribution in [2.45, 2.75) is 25.8 Å². The van der Waals surface area contributed by atoms with E-state index in [1.54, 1.807) is 0 Å². The topological polar surface area (TPSA) is 50.4 Å². The van der Waals surface area contributed by atoms with Gasteiger partial charge in [0.2, 0.25) is 5.91 Å². The van der Waals surface area contributed by atoms with Gasteiger partial charge in [0.15, 0.2) is 0 Å². The van der Waals surface area contributed by atoms with Gasteiger partial charge in [0.1, 0.15) is 11.5 Å². The van der Waals surface area contributed by atoms with Crippen LogP contribution in [0.15, 0.2) is 54.6 Å². The molecule has 1 unspecified atom stereocenters. The number of hydrogen-bond donors (Lipinski definition) is 2. The lowest BCUT2D eigenvalue weighted by Crippen LogP contribution is -2.23. The van der Waals surface area contributed by atoms with Crippen LogP contribution in [0.2, 0.25) is 0 Å². The molecule has 2 N–H and O–H groups in total. The number of benzene rings is 2. The first kappa shape index (κ1) is 19.3. The van der Waals surface area contributed by atoms with E-state index >= 15 is 0 Å². The van der Waals surface area contributed by atoms with E-state index < -0.39 is 0 Å². The van der Waals surface area contributed by atoms with Crippen LogP contribution in [0.4, 0.5) is 0 Å². The first-order valence-corrected chi connectivity index (χ1v) is 8.59. The van der Waals surface area contributed by atoms with Crippen LogP contribution in [0.1, 0.15) is 24.8 Å². The molecule has 0 saturated carbocycles. The molecule has 1 amide bonds. The molecular weight excluding hydrogens is 336 g/mol. The molecular formula is C20H25ClN2O2. The fourth-order valence-corrected chi connectivity index (χ4v) is 2.89. The third-order valence-corrected chi connectivity index (χ3v) is 4.33. The van der Waals surface area contributed by atoms with Gasteiger partial charge in [-0.05, 0) is 61.7 Å². The number of nitrogens with one attached hydrogen (secondary N) is 2. The first-order valence-electron chi connectivity index (χ1n) is 8.59. The lowest BCUT2D eigenvalue weighted by atomic mass is 10.0. The maximum Gasteiger partial charge on any atom is 0.220 e. The zero-order valence-corrected chi connectivity index (χ0v) is 15.1. The monoisotopic (exact) mass is 360 g/mol. The third kappa shape index (κ3) is 6.40. The lowest BCUT2D eigenvalue weighted by molar-refractivity contribution is -0.121. The van der Waals surface area contributed by atoms with Gasteiger partial charge in [-0.2, -0.15) is 0 Å². The molecule has 0 spiro atoms. The Hall–Kier alpha value is -2.04. The van der Waals surface area contributed by atoms with E-state index in [1.807, 2.05) is 54.6 Å². The molecule has 1 saturated heterocycles. The van der Waals surface area contributed by atoms with Gasteiger partial charge in [-0.1, -0.05) is 30.3 Å². The number of carbonyl (C=O) groups is 1. The average Bonchev–Trinajstić information content (AvgIpc) is 3.14.